The van der Waals surface area contributed by atoms with Crippen LogP contribution in [0.3, 0.4) is 0 Å². The van der Waals surface area contributed by atoms with Gasteiger partial charge in [-0.25, -0.2) is 9.69 Å². The minimum Gasteiger partial charge on any atom is -0.462 e. The molecule has 3 heterocycles. The van der Waals surface area contributed by atoms with Crippen molar-refractivity contribution in [3.05, 3.63) is 103 Å². The third-order valence-corrected chi connectivity index (χ3v) is 11.6. The summed E-state index contributed by atoms with van der Waals surface area (Å²) in [6.45, 7) is 7.52. The molecule has 1 saturated heterocycles. The number of halogens is 1. The first-order chi connectivity index (χ1) is 23.1. The molecule has 2 aliphatic rings. The largest absolute Gasteiger partial charge is 0.462 e. The van der Waals surface area contributed by atoms with Crippen molar-refractivity contribution in [3.8, 4) is 0 Å². The molecule has 248 valence electrons. The van der Waals surface area contributed by atoms with Gasteiger partial charge in [-0.2, -0.15) is 0 Å². The predicted molar refractivity (Wildman–Crippen MR) is 191 cm³/mol. The average Bonchev–Trinajstić information content (AvgIpc) is 3.52. The second-order valence-corrected chi connectivity index (χ2v) is 14.3. The zero-order chi connectivity index (χ0) is 34.1. The monoisotopic (exact) mass is 748 g/mol. The molecule has 1 aromatic heterocycles. The van der Waals surface area contributed by atoms with E-state index in [1.807, 2.05) is 24.3 Å². The van der Waals surface area contributed by atoms with E-state index < -0.39 is 29.0 Å². The van der Waals surface area contributed by atoms with E-state index in [1.165, 1.54) is 21.2 Å². The fraction of sp³-hybridized carbons (Fsp3) is 0.286. The second-order valence-electron chi connectivity index (χ2n) is 11.3. The minimum absolute atomic E-state index is 0.251. The number of esters is 1. The van der Waals surface area contributed by atoms with Crippen LogP contribution in [0.5, 0.6) is 0 Å². The summed E-state index contributed by atoms with van der Waals surface area (Å²) in [6, 6.07) is 21.3. The number of hydrogen-bond donors (Lipinski definition) is 1. The summed E-state index contributed by atoms with van der Waals surface area (Å²) in [5.74, 6) is -2.89. The van der Waals surface area contributed by atoms with Gasteiger partial charge in [0.2, 0.25) is 17.7 Å². The fourth-order valence-corrected chi connectivity index (χ4v) is 9.23. The summed E-state index contributed by atoms with van der Waals surface area (Å²) in [6.07, 6.45) is 0. The molecule has 10 nitrogen and oxygen atoms in total. The summed E-state index contributed by atoms with van der Waals surface area (Å²) in [7, 11) is 0. The smallest absolute Gasteiger partial charge is 0.338 e. The summed E-state index contributed by atoms with van der Waals surface area (Å²) in [5, 5.41) is 2.50. The van der Waals surface area contributed by atoms with E-state index in [4.69, 9.17) is 4.74 Å². The molecule has 13 heteroatoms. The molecule has 48 heavy (non-hydrogen) atoms. The first kappa shape index (κ1) is 33.7. The highest BCUT2D eigenvalue weighted by molar-refractivity contribution is 9.10. The molecule has 3 aromatic carbocycles. The van der Waals surface area contributed by atoms with Gasteiger partial charge < -0.3 is 15.0 Å². The second kappa shape index (κ2) is 14.1. The number of amides is 3. The third kappa shape index (κ3) is 6.34. The Balaban J connectivity index is 1.35. The van der Waals surface area contributed by atoms with Gasteiger partial charge in [0.25, 0.3) is 0 Å². The number of benzene rings is 3. The lowest BCUT2D eigenvalue weighted by molar-refractivity contribution is -0.122. The van der Waals surface area contributed by atoms with E-state index in [2.05, 4.69) is 40.0 Å². The van der Waals surface area contributed by atoms with Gasteiger partial charge in [0.05, 0.1) is 28.8 Å². The van der Waals surface area contributed by atoms with Crippen molar-refractivity contribution in [2.24, 2.45) is 5.92 Å². The van der Waals surface area contributed by atoms with Gasteiger partial charge in [0.15, 0.2) is 0 Å². The molecule has 6 rings (SSSR count). The van der Waals surface area contributed by atoms with Crippen LogP contribution in [0.15, 0.2) is 87.1 Å². The van der Waals surface area contributed by atoms with Gasteiger partial charge in [-0.1, -0.05) is 51.2 Å². The molecule has 1 N–H and O–H groups in total. The van der Waals surface area contributed by atoms with Crippen molar-refractivity contribution in [3.63, 3.8) is 0 Å². The highest BCUT2D eigenvalue weighted by atomic mass is 79.9. The Bertz CT molecular complexity index is 1920. The lowest BCUT2D eigenvalue weighted by Gasteiger charge is -2.31. The van der Waals surface area contributed by atoms with Gasteiger partial charge in [-0.15, -0.1) is 0 Å². The molecule has 4 aromatic rings. The molecule has 0 bridgehead atoms. The van der Waals surface area contributed by atoms with Crippen LogP contribution in [0.2, 0.25) is 0 Å². The normalized spacial score (nSPS) is 18.3. The topological polar surface area (TPSA) is 118 Å². The van der Waals surface area contributed by atoms with E-state index in [-0.39, 0.29) is 29.8 Å². The fourth-order valence-electron chi connectivity index (χ4n) is 6.19. The Morgan fingerprint density at radius 1 is 0.896 bits per heavy atom. The number of ether oxygens (including phenoxy) is 1. The van der Waals surface area contributed by atoms with Gasteiger partial charge in [-0.05, 0) is 87.0 Å². The Morgan fingerprint density at radius 3 is 2.19 bits per heavy atom. The van der Waals surface area contributed by atoms with Crippen molar-refractivity contribution in [1.82, 2.24) is 4.57 Å². The maximum absolute atomic E-state index is 14.2. The molecule has 2 aliphatic heterocycles. The first-order valence-electron chi connectivity index (χ1n) is 15.6. The summed E-state index contributed by atoms with van der Waals surface area (Å²) in [4.78, 5) is 70.7. The zero-order valence-corrected chi connectivity index (χ0v) is 29.7. The quantitative estimate of drug-likeness (QED) is 0.152. The van der Waals surface area contributed by atoms with Crippen LogP contribution in [0.25, 0.3) is 0 Å². The van der Waals surface area contributed by atoms with Crippen LogP contribution in [0.1, 0.15) is 47.5 Å². The number of hydrogen-bond acceptors (Lipinski definition) is 9. The molecule has 3 atom stereocenters. The average molecular weight is 750 g/mol. The Labute approximate surface area is 294 Å². The van der Waals surface area contributed by atoms with E-state index in [1.54, 1.807) is 55.5 Å². The molecule has 3 unspecified atom stereocenters. The van der Waals surface area contributed by atoms with Crippen LogP contribution >= 0.6 is 39.0 Å². The number of thioether (sulfide) groups is 1. The predicted octanol–water partition coefficient (Wildman–Crippen LogP) is 6.13. The number of anilines is 3. The molecule has 0 saturated carbocycles. The molecule has 0 spiro atoms. The lowest BCUT2D eigenvalue weighted by Crippen LogP contribution is -2.33. The first-order valence-corrected chi connectivity index (χ1v) is 18.1. The van der Waals surface area contributed by atoms with Gasteiger partial charge in [0, 0.05) is 39.7 Å². The molecule has 0 aliphatic carbocycles. The van der Waals surface area contributed by atoms with Crippen molar-refractivity contribution in [2.45, 2.75) is 43.5 Å². The van der Waals surface area contributed by atoms with E-state index >= 15 is 0 Å². The minimum atomic E-state index is -0.792. The standard InChI is InChI=1S/C35H33BrN4O6S2/c1-4-38(5-2)24-15-9-20(10-16-24)27-28-29(32(43)40(31(28)42)25-17-11-22(36)12-18-25)47-33-30(27)48-35(45)39(33)19-26(41)37-23-13-7-21(8-14-23)34(44)46-6-3/h7-18,27-29H,4-6,19H2,1-3H3,(H,37,41). The lowest BCUT2D eigenvalue weighted by atomic mass is 9.83. The molecule has 1 fully saturated rings. The Hall–Kier alpha value is -4.20. The van der Waals surface area contributed by atoms with Crippen molar-refractivity contribution >= 4 is 79.8 Å². The molecular formula is C35H33BrN4O6S2. The maximum atomic E-state index is 14.2. The summed E-state index contributed by atoms with van der Waals surface area (Å²) in [5.41, 5.74) is 3.14. The summed E-state index contributed by atoms with van der Waals surface area (Å²) < 4.78 is 7.23. The van der Waals surface area contributed by atoms with Crippen molar-refractivity contribution in [1.29, 1.82) is 0 Å². The number of carbonyl (C=O) groups excluding carboxylic acids is 4. The van der Waals surface area contributed by atoms with Crippen molar-refractivity contribution in [2.75, 3.05) is 34.8 Å². The van der Waals surface area contributed by atoms with E-state index in [0.29, 0.717) is 26.8 Å². The number of carbonyl (C=O) groups is 4. The van der Waals surface area contributed by atoms with Crippen molar-refractivity contribution < 1.29 is 23.9 Å². The Morgan fingerprint density at radius 2 is 1.56 bits per heavy atom. The van der Waals surface area contributed by atoms with Crippen LogP contribution in [-0.4, -0.2) is 53.2 Å². The molecule has 0 radical (unpaired) electrons. The van der Waals surface area contributed by atoms with Crippen LogP contribution in [0, 0.1) is 5.92 Å². The molecule has 3 amide bonds. The maximum Gasteiger partial charge on any atom is 0.338 e. The number of rotatable bonds is 10. The number of nitrogens with zero attached hydrogens (tertiary/aromatic N) is 3. The highest BCUT2D eigenvalue weighted by Gasteiger charge is 2.56. The molecular weight excluding hydrogens is 716 g/mol. The number of nitrogens with one attached hydrogen (secondary N) is 1. The van der Waals surface area contributed by atoms with Crippen LogP contribution in [-0.2, 0) is 25.7 Å². The Kier molecular flexibility index (Phi) is 9.90. The van der Waals surface area contributed by atoms with E-state index in [9.17, 15) is 24.0 Å². The van der Waals surface area contributed by atoms with Crippen LogP contribution in [0.4, 0.5) is 17.1 Å². The van der Waals surface area contributed by atoms with E-state index in [0.717, 1.165) is 40.1 Å². The summed E-state index contributed by atoms with van der Waals surface area (Å²) >= 11 is 5.60. The SMILES string of the molecule is CCOC(=O)c1ccc(NC(=O)Cn2c3c(sc2=O)C(c2ccc(N(CC)CC)cc2)C2C(=O)N(c4ccc(Br)cc4)C(=O)C2S3)cc1. The number of thiazole rings is 1. The third-order valence-electron chi connectivity index (χ3n) is 8.50. The number of aromatic nitrogens is 1. The highest BCUT2D eigenvalue weighted by Crippen LogP contribution is 2.54. The van der Waals surface area contributed by atoms with Crippen LogP contribution < -0.4 is 20.0 Å². The van der Waals surface area contributed by atoms with Gasteiger partial charge >= 0.3 is 10.8 Å². The van der Waals surface area contributed by atoms with Gasteiger partial charge in [-0.3, -0.25) is 23.7 Å². The zero-order valence-electron chi connectivity index (χ0n) is 26.5. The van der Waals surface area contributed by atoms with Gasteiger partial charge in [0.1, 0.15) is 11.8 Å². The number of fused-ring (bicyclic) bond motifs is 2. The number of imide groups is 1.